The molecule has 1 fully saturated rings. The zero-order valence-electron chi connectivity index (χ0n) is 17.0. The lowest BCUT2D eigenvalue weighted by molar-refractivity contribution is 0.0729. The number of hydrogen-bond acceptors (Lipinski definition) is 6. The number of anilines is 1. The van der Waals surface area contributed by atoms with E-state index >= 15 is 0 Å². The lowest BCUT2D eigenvalue weighted by Crippen LogP contribution is -2.40. The summed E-state index contributed by atoms with van der Waals surface area (Å²) in [6.07, 6.45) is 0. The molecule has 2 heterocycles. The van der Waals surface area contributed by atoms with Crippen molar-refractivity contribution in [1.29, 1.82) is 0 Å². The molecule has 0 atom stereocenters. The van der Waals surface area contributed by atoms with Crippen LogP contribution in [0.5, 0.6) is 5.75 Å². The minimum atomic E-state index is -3.82. The molecular weight excluding hydrogens is 444 g/mol. The number of fused-ring (bicyclic) bond motifs is 1. The number of furan rings is 1. The van der Waals surface area contributed by atoms with E-state index in [0.29, 0.717) is 35.1 Å². The van der Waals surface area contributed by atoms with Gasteiger partial charge in [-0.2, -0.15) is 4.31 Å². The van der Waals surface area contributed by atoms with E-state index in [1.54, 1.807) is 31.2 Å². The van der Waals surface area contributed by atoms with Crippen LogP contribution in [0.15, 0.2) is 45.7 Å². The predicted molar refractivity (Wildman–Crippen MR) is 116 cm³/mol. The minimum absolute atomic E-state index is 0.0252. The lowest BCUT2D eigenvalue weighted by atomic mass is 10.1. The molecule has 0 aliphatic carbocycles. The van der Waals surface area contributed by atoms with Crippen LogP contribution in [0.3, 0.4) is 0 Å². The Bertz CT molecular complexity index is 1250. The Labute approximate surface area is 184 Å². The predicted octanol–water partition coefficient (Wildman–Crippen LogP) is 3.68. The number of aryl methyl sites for hydroxylation is 1. The smallest absolute Gasteiger partial charge is 0.291 e. The van der Waals surface area contributed by atoms with Crippen molar-refractivity contribution in [3.63, 3.8) is 0 Å². The van der Waals surface area contributed by atoms with Gasteiger partial charge < -0.3 is 19.2 Å². The third-order valence-corrected chi connectivity index (χ3v) is 7.27. The number of rotatable bonds is 5. The monoisotopic (exact) mass is 464 g/mol. The Morgan fingerprint density at radius 2 is 1.90 bits per heavy atom. The first kappa shape index (κ1) is 21.6. The first-order valence-corrected chi connectivity index (χ1v) is 11.4. The SMILES string of the molecule is COc1ccc(NC(=O)c2oc3ccc(Cl)cc3c2C)cc1S(=O)(=O)N1CCOCC1. The summed E-state index contributed by atoms with van der Waals surface area (Å²) in [7, 11) is -2.42. The molecule has 1 aliphatic rings. The van der Waals surface area contributed by atoms with E-state index in [1.807, 2.05) is 0 Å². The van der Waals surface area contributed by atoms with Gasteiger partial charge in [0.15, 0.2) is 5.76 Å². The maximum atomic E-state index is 13.1. The summed E-state index contributed by atoms with van der Waals surface area (Å²) in [5.41, 5.74) is 1.48. The van der Waals surface area contributed by atoms with Crippen LogP contribution in [0.1, 0.15) is 16.1 Å². The molecule has 8 nitrogen and oxygen atoms in total. The fourth-order valence-corrected chi connectivity index (χ4v) is 5.24. The van der Waals surface area contributed by atoms with Gasteiger partial charge in [0.1, 0.15) is 16.2 Å². The number of amides is 1. The average Bonchev–Trinajstić information content (AvgIpc) is 3.10. The minimum Gasteiger partial charge on any atom is -0.495 e. The highest BCUT2D eigenvalue weighted by atomic mass is 35.5. The summed E-state index contributed by atoms with van der Waals surface area (Å²) in [6.45, 7) is 2.92. The van der Waals surface area contributed by atoms with E-state index in [9.17, 15) is 13.2 Å². The van der Waals surface area contributed by atoms with Crippen LogP contribution in [0, 0.1) is 6.92 Å². The van der Waals surface area contributed by atoms with Gasteiger partial charge in [-0.1, -0.05) is 11.6 Å². The molecule has 4 rings (SSSR count). The molecule has 0 spiro atoms. The summed E-state index contributed by atoms with van der Waals surface area (Å²) >= 11 is 6.04. The molecule has 1 aliphatic heterocycles. The summed E-state index contributed by atoms with van der Waals surface area (Å²) in [6, 6.07) is 9.57. The number of benzene rings is 2. The Morgan fingerprint density at radius 1 is 1.16 bits per heavy atom. The Balaban J connectivity index is 1.66. The van der Waals surface area contributed by atoms with Crippen molar-refractivity contribution in [2.24, 2.45) is 0 Å². The summed E-state index contributed by atoms with van der Waals surface area (Å²) in [5, 5.41) is 3.99. The van der Waals surface area contributed by atoms with Gasteiger partial charge in [-0.3, -0.25) is 4.79 Å². The number of nitrogens with zero attached hydrogens (tertiary/aromatic N) is 1. The van der Waals surface area contributed by atoms with Crippen LogP contribution < -0.4 is 10.1 Å². The summed E-state index contributed by atoms with van der Waals surface area (Å²) in [5.74, 6) is -0.172. The molecule has 0 saturated carbocycles. The van der Waals surface area contributed by atoms with Crippen LogP contribution in [0.2, 0.25) is 5.02 Å². The van der Waals surface area contributed by atoms with E-state index in [4.69, 9.17) is 25.5 Å². The lowest BCUT2D eigenvalue weighted by Gasteiger charge is -2.26. The maximum Gasteiger partial charge on any atom is 0.291 e. The largest absolute Gasteiger partial charge is 0.495 e. The first-order valence-electron chi connectivity index (χ1n) is 9.57. The number of hydrogen-bond donors (Lipinski definition) is 1. The number of morpholine rings is 1. The highest BCUT2D eigenvalue weighted by Crippen LogP contribution is 2.32. The highest BCUT2D eigenvalue weighted by Gasteiger charge is 2.30. The molecule has 1 N–H and O–H groups in total. The number of sulfonamides is 1. The zero-order chi connectivity index (χ0) is 22.2. The van der Waals surface area contributed by atoms with Crippen LogP contribution in [-0.2, 0) is 14.8 Å². The first-order chi connectivity index (χ1) is 14.8. The molecule has 1 aromatic heterocycles. The molecule has 1 amide bonds. The van der Waals surface area contributed by atoms with E-state index in [-0.39, 0.29) is 29.5 Å². The van der Waals surface area contributed by atoms with Crippen molar-refractivity contribution in [3.05, 3.63) is 52.7 Å². The standard InChI is InChI=1S/C21H21ClN2O6S/c1-13-16-11-14(22)3-5-17(16)30-20(13)21(25)23-15-4-6-18(28-2)19(12-15)31(26,27)24-7-9-29-10-8-24/h3-6,11-12H,7-10H2,1-2H3,(H,23,25). The normalized spacial score (nSPS) is 15.2. The van der Waals surface area contributed by atoms with Crippen LogP contribution >= 0.6 is 11.6 Å². The van der Waals surface area contributed by atoms with E-state index < -0.39 is 15.9 Å². The number of nitrogens with one attached hydrogen (secondary N) is 1. The third-order valence-electron chi connectivity index (χ3n) is 5.11. The number of halogens is 1. The Morgan fingerprint density at radius 3 is 2.61 bits per heavy atom. The van der Waals surface area contributed by atoms with Crippen molar-refractivity contribution in [3.8, 4) is 5.75 Å². The summed E-state index contributed by atoms with van der Waals surface area (Å²) < 4.78 is 43.8. The van der Waals surface area contributed by atoms with Gasteiger partial charge >= 0.3 is 0 Å². The second kappa shape index (κ2) is 8.51. The number of carbonyl (C=O) groups excluding carboxylic acids is 1. The van der Waals surface area contributed by atoms with Gasteiger partial charge in [-0.15, -0.1) is 0 Å². The average molecular weight is 465 g/mol. The quantitative estimate of drug-likeness (QED) is 0.618. The molecular formula is C21H21ClN2O6S. The van der Waals surface area contributed by atoms with E-state index in [0.717, 1.165) is 5.39 Å². The van der Waals surface area contributed by atoms with Crippen LogP contribution in [0.4, 0.5) is 5.69 Å². The maximum absolute atomic E-state index is 13.1. The van der Waals surface area contributed by atoms with Crippen molar-refractivity contribution in [2.75, 3.05) is 38.7 Å². The van der Waals surface area contributed by atoms with Gasteiger partial charge in [0, 0.05) is 34.7 Å². The Hall–Kier alpha value is -2.59. The second-order valence-corrected chi connectivity index (χ2v) is 9.38. The van der Waals surface area contributed by atoms with E-state index in [2.05, 4.69) is 5.32 Å². The molecule has 164 valence electrons. The zero-order valence-corrected chi connectivity index (χ0v) is 18.5. The van der Waals surface area contributed by atoms with Gasteiger partial charge in [0.05, 0.1) is 20.3 Å². The van der Waals surface area contributed by atoms with Gasteiger partial charge in [-0.25, -0.2) is 8.42 Å². The second-order valence-electron chi connectivity index (χ2n) is 7.03. The van der Waals surface area contributed by atoms with Crippen molar-refractivity contribution >= 4 is 44.2 Å². The fourth-order valence-electron chi connectivity index (χ4n) is 3.48. The number of carbonyl (C=O) groups is 1. The number of methoxy groups -OCH3 is 1. The molecule has 31 heavy (non-hydrogen) atoms. The molecule has 10 heteroatoms. The van der Waals surface area contributed by atoms with Gasteiger partial charge in [0.25, 0.3) is 5.91 Å². The van der Waals surface area contributed by atoms with Crippen molar-refractivity contribution in [1.82, 2.24) is 4.31 Å². The topological polar surface area (TPSA) is 98.1 Å². The Kier molecular flexibility index (Phi) is 5.94. The summed E-state index contributed by atoms with van der Waals surface area (Å²) in [4.78, 5) is 12.8. The van der Waals surface area contributed by atoms with Crippen molar-refractivity contribution in [2.45, 2.75) is 11.8 Å². The van der Waals surface area contributed by atoms with E-state index in [1.165, 1.54) is 23.5 Å². The number of ether oxygens (including phenoxy) is 2. The third kappa shape index (κ3) is 4.14. The van der Waals surface area contributed by atoms with Crippen LogP contribution in [-0.4, -0.2) is 52.0 Å². The molecule has 2 aromatic carbocycles. The molecule has 3 aromatic rings. The van der Waals surface area contributed by atoms with Gasteiger partial charge in [-0.05, 0) is 43.3 Å². The molecule has 0 bridgehead atoms. The molecule has 0 radical (unpaired) electrons. The molecule has 1 saturated heterocycles. The fraction of sp³-hybridized carbons (Fsp3) is 0.286. The molecule has 0 unspecified atom stereocenters. The van der Waals surface area contributed by atoms with Crippen molar-refractivity contribution < 1.29 is 27.1 Å². The van der Waals surface area contributed by atoms with Crippen LogP contribution in [0.25, 0.3) is 11.0 Å². The highest BCUT2D eigenvalue weighted by molar-refractivity contribution is 7.89. The van der Waals surface area contributed by atoms with Gasteiger partial charge in [0.2, 0.25) is 10.0 Å².